The fraction of sp³-hybridized carbons (Fsp3) is 0.744. The van der Waals surface area contributed by atoms with Gasteiger partial charge in [-0.3, -0.25) is 14.4 Å². The molecule has 0 spiro atoms. The fourth-order valence-corrected chi connectivity index (χ4v) is 7.68. The molecule has 2 saturated heterocycles. The maximum atomic E-state index is 14.2. The number of amides is 5. The second-order valence-electron chi connectivity index (χ2n) is 15.0. The molecule has 52 heavy (non-hydrogen) atoms. The van der Waals surface area contributed by atoms with Crippen LogP contribution in [0.1, 0.15) is 72.8 Å². The van der Waals surface area contributed by atoms with Crippen LogP contribution in [0.3, 0.4) is 0 Å². The molecular weight excluding hydrogens is 666 g/mol. The summed E-state index contributed by atoms with van der Waals surface area (Å²) in [5.74, 6) is -1.41. The third-order valence-corrected chi connectivity index (χ3v) is 11.0. The molecule has 1 aromatic rings. The van der Waals surface area contributed by atoms with E-state index in [0.717, 1.165) is 18.4 Å². The first-order valence-electron chi connectivity index (χ1n) is 19.0. The Hall–Kier alpha value is -3.26. The maximum absolute atomic E-state index is 14.2. The second-order valence-corrected chi connectivity index (χ2v) is 15.0. The van der Waals surface area contributed by atoms with Gasteiger partial charge in [-0.2, -0.15) is 0 Å². The zero-order chi connectivity index (χ0) is 38.5. The number of benzene rings is 1. The maximum Gasteiger partial charge on any atom is 0.318 e. The number of likely N-dealkylation sites (N-methyl/N-ethyl adjacent to an activating group) is 1. The van der Waals surface area contributed by atoms with Gasteiger partial charge in [0.1, 0.15) is 6.04 Å². The van der Waals surface area contributed by atoms with Gasteiger partial charge in [0.25, 0.3) is 0 Å². The molecule has 0 bridgehead atoms. The highest BCUT2D eigenvalue weighted by atomic mass is 16.5. The Morgan fingerprint density at radius 3 is 2.29 bits per heavy atom. The summed E-state index contributed by atoms with van der Waals surface area (Å²) in [7, 11) is 4.85. The molecule has 294 valence electrons. The Morgan fingerprint density at radius 1 is 1.02 bits per heavy atom. The lowest BCUT2D eigenvalue weighted by atomic mass is 9.89. The van der Waals surface area contributed by atoms with Crippen molar-refractivity contribution < 1.29 is 38.5 Å². The number of hydrogen-bond donors (Lipinski definition) is 3. The number of hydrogen-bond acceptors (Lipinski definition) is 8. The number of aliphatic hydroxyl groups is 1. The van der Waals surface area contributed by atoms with Crippen LogP contribution >= 0.6 is 0 Å². The lowest BCUT2D eigenvalue weighted by Gasteiger charge is -2.41. The molecular formula is C39H65N5O8. The van der Waals surface area contributed by atoms with Gasteiger partial charge in [0.2, 0.25) is 17.7 Å². The van der Waals surface area contributed by atoms with Crippen LogP contribution in [0.2, 0.25) is 0 Å². The van der Waals surface area contributed by atoms with Crippen molar-refractivity contribution in [3.63, 3.8) is 0 Å². The van der Waals surface area contributed by atoms with Crippen LogP contribution in [0.4, 0.5) is 4.79 Å². The number of ether oxygens (including phenoxy) is 3. The Morgan fingerprint density at radius 2 is 1.71 bits per heavy atom. The average Bonchev–Trinajstić information content (AvgIpc) is 3.63. The highest BCUT2D eigenvalue weighted by molar-refractivity contribution is 5.88. The third kappa shape index (κ3) is 11.1. The molecule has 3 N–H and O–H groups in total. The number of carbonyl (C=O) groups excluding carboxylic acids is 4. The van der Waals surface area contributed by atoms with E-state index in [4.69, 9.17) is 14.2 Å². The van der Waals surface area contributed by atoms with Crippen LogP contribution in [0.5, 0.6) is 0 Å². The van der Waals surface area contributed by atoms with E-state index in [-0.39, 0.29) is 60.7 Å². The highest BCUT2D eigenvalue weighted by Gasteiger charge is 2.43. The molecule has 2 aliphatic heterocycles. The monoisotopic (exact) mass is 731 g/mol. The molecule has 5 amide bonds. The molecule has 13 nitrogen and oxygen atoms in total. The lowest BCUT2D eigenvalue weighted by Crippen LogP contribution is -2.60. The van der Waals surface area contributed by atoms with Gasteiger partial charge in [-0.25, -0.2) is 4.79 Å². The predicted molar refractivity (Wildman–Crippen MR) is 199 cm³/mol. The van der Waals surface area contributed by atoms with Crippen LogP contribution < -0.4 is 10.6 Å². The minimum Gasteiger partial charge on any atom is -0.394 e. The van der Waals surface area contributed by atoms with Crippen molar-refractivity contribution in [1.82, 2.24) is 25.3 Å². The smallest absolute Gasteiger partial charge is 0.318 e. The molecule has 2 fully saturated rings. The van der Waals surface area contributed by atoms with Gasteiger partial charge < -0.3 is 44.7 Å². The lowest BCUT2D eigenvalue weighted by molar-refractivity contribution is -0.147. The van der Waals surface area contributed by atoms with Crippen molar-refractivity contribution in [3.05, 3.63) is 35.9 Å². The minimum atomic E-state index is -0.775. The number of carbonyl (C=O) groups is 4. The van der Waals surface area contributed by atoms with E-state index in [1.807, 2.05) is 65.0 Å². The van der Waals surface area contributed by atoms with E-state index < -0.39 is 36.3 Å². The van der Waals surface area contributed by atoms with Crippen molar-refractivity contribution in [2.75, 3.05) is 54.2 Å². The summed E-state index contributed by atoms with van der Waals surface area (Å²) in [6.07, 6.45) is 1.52. The molecule has 13 heteroatoms. The molecule has 2 aliphatic rings. The van der Waals surface area contributed by atoms with Crippen molar-refractivity contribution in [2.24, 2.45) is 17.8 Å². The minimum absolute atomic E-state index is 0.0188. The van der Waals surface area contributed by atoms with E-state index in [2.05, 4.69) is 10.6 Å². The topological polar surface area (TPSA) is 150 Å². The number of morpholine rings is 1. The van der Waals surface area contributed by atoms with E-state index >= 15 is 0 Å². The number of nitrogens with one attached hydrogen (secondary N) is 2. The van der Waals surface area contributed by atoms with Crippen LogP contribution in [-0.4, -0.2) is 140 Å². The third-order valence-electron chi connectivity index (χ3n) is 11.0. The normalized spacial score (nSPS) is 21.8. The van der Waals surface area contributed by atoms with Gasteiger partial charge >= 0.3 is 6.03 Å². The summed E-state index contributed by atoms with van der Waals surface area (Å²) in [6, 6.07) is 7.27. The van der Waals surface area contributed by atoms with Crippen molar-refractivity contribution in [2.45, 2.75) is 116 Å². The predicted octanol–water partition coefficient (Wildman–Crippen LogP) is 3.08. The summed E-state index contributed by atoms with van der Waals surface area (Å²) in [5.41, 5.74) is 1.01. The van der Waals surface area contributed by atoms with Gasteiger partial charge in [-0.15, -0.1) is 0 Å². The molecule has 0 aliphatic carbocycles. The fourth-order valence-electron chi connectivity index (χ4n) is 7.68. The van der Waals surface area contributed by atoms with Gasteiger partial charge in [-0.1, -0.05) is 71.4 Å². The van der Waals surface area contributed by atoms with Gasteiger partial charge in [0.15, 0.2) is 0 Å². The van der Waals surface area contributed by atoms with E-state index in [9.17, 15) is 24.3 Å². The molecule has 0 radical (unpaired) electrons. The highest BCUT2D eigenvalue weighted by Crippen LogP contribution is 2.30. The van der Waals surface area contributed by atoms with Crippen molar-refractivity contribution in [3.8, 4) is 0 Å². The summed E-state index contributed by atoms with van der Waals surface area (Å²) in [5, 5.41) is 16.0. The first kappa shape index (κ1) is 43.1. The van der Waals surface area contributed by atoms with E-state index in [1.165, 1.54) is 0 Å². The molecule has 2 heterocycles. The largest absolute Gasteiger partial charge is 0.394 e. The Kier molecular flexibility index (Phi) is 17.3. The quantitative estimate of drug-likeness (QED) is 0.209. The number of nitrogens with zero attached hydrogens (tertiary/aromatic N) is 3. The Labute approximate surface area is 311 Å². The van der Waals surface area contributed by atoms with Gasteiger partial charge in [0.05, 0.1) is 68.5 Å². The van der Waals surface area contributed by atoms with Crippen LogP contribution in [0.15, 0.2) is 30.3 Å². The van der Waals surface area contributed by atoms with Crippen LogP contribution in [0, 0.1) is 17.8 Å². The first-order valence-corrected chi connectivity index (χ1v) is 19.0. The SMILES string of the molecule is CC[C@H](C)[C@@H]([C@@H](CC(=O)N1CCCC1[C@H](OC)[C@@H](C)C(=O)NC(CO)Cc1ccccc1)OC)N(C)C(=O)C(NC(=O)N1CCOCC1C)C(C)C. The molecule has 4 unspecified atom stereocenters. The number of urea groups is 1. The first-order chi connectivity index (χ1) is 24.8. The summed E-state index contributed by atoms with van der Waals surface area (Å²) in [4.78, 5) is 60.3. The number of methoxy groups -OCH3 is 2. The number of rotatable bonds is 18. The molecule has 3 rings (SSSR count). The zero-order valence-electron chi connectivity index (χ0n) is 32.9. The van der Waals surface area contributed by atoms with Crippen molar-refractivity contribution in [1.29, 1.82) is 0 Å². The molecule has 1 aromatic carbocycles. The summed E-state index contributed by atoms with van der Waals surface area (Å²) in [6.45, 7) is 13.3. The number of likely N-dealkylation sites (tertiary alicyclic amines) is 1. The zero-order valence-corrected chi connectivity index (χ0v) is 32.9. The van der Waals surface area contributed by atoms with Gasteiger partial charge in [-0.05, 0) is 43.6 Å². The van der Waals surface area contributed by atoms with Crippen LogP contribution in [-0.2, 0) is 35.0 Å². The second kappa shape index (κ2) is 20.8. The molecule has 0 aromatic heterocycles. The van der Waals surface area contributed by atoms with Gasteiger partial charge in [0, 0.05) is 34.4 Å². The summed E-state index contributed by atoms with van der Waals surface area (Å²) < 4.78 is 17.4. The van der Waals surface area contributed by atoms with E-state index in [0.29, 0.717) is 39.1 Å². The molecule has 0 saturated carbocycles. The summed E-state index contributed by atoms with van der Waals surface area (Å²) >= 11 is 0. The standard InChI is InChI=1S/C39H65N5O8/c1-10-26(4)35(42(7)38(48)34(25(2)3)41-39(49)43-19-20-52-24-27(43)5)32(50-8)22-33(46)44-18-14-17-31(44)36(51-9)28(6)37(47)40-30(23-45)21-29-15-12-11-13-16-29/h11-13,15-16,25-28,30-32,34-36,45H,10,14,17-24H2,1-9H3,(H,40,47)(H,41,49)/t26-,27?,28+,30?,31?,32+,34?,35-,36+/m0/s1. The van der Waals surface area contributed by atoms with Crippen molar-refractivity contribution >= 4 is 23.8 Å². The Bertz CT molecular complexity index is 1280. The Balaban J connectivity index is 1.74. The molecule has 9 atom stereocenters. The van der Waals surface area contributed by atoms with Crippen LogP contribution in [0.25, 0.3) is 0 Å². The average molecular weight is 732 g/mol. The number of aliphatic hydroxyl groups excluding tert-OH is 1. The van der Waals surface area contributed by atoms with E-state index in [1.54, 1.807) is 42.9 Å².